The van der Waals surface area contributed by atoms with Gasteiger partial charge in [-0.3, -0.25) is 14.5 Å². The topological polar surface area (TPSA) is 91.2 Å². The van der Waals surface area contributed by atoms with E-state index in [0.717, 1.165) is 77.3 Å². The van der Waals surface area contributed by atoms with Crippen LogP contribution in [0.15, 0.2) is 145 Å². The molecule has 3 aromatic carbocycles. The van der Waals surface area contributed by atoms with Gasteiger partial charge in [0.25, 0.3) is 0 Å². The zero-order valence-corrected chi connectivity index (χ0v) is 29.8. The van der Waals surface area contributed by atoms with Gasteiger partial charge < -0.3 is 14.8 Å². The number of nitrogens with one attached hydrogen (secondary N) is 1. The number of benzene rings is 3. The number of carbonyl (C=O) groups is 1. The molecule has 0 spiro atoms. The molecule has 51 heavy (non-hydrogen) atoms. The van der Waals surface area contributed by atoms with E-state index in [2.05, 4.69) is 57.1 Å². The number of nitrogens with zero attached hydrogens (tertiary/aromatic N) is 4. The zero-order chi connectivity index (χ0) is 34.4. The Balaban J connectivity index is 0.000000774. The summed E-state index contributed by atoms with van der Waals surface area (Å²) in [5.74, 6) is 1.47. The quantitative estimate of drug-likeness (QED) is 0.0525. The summed E-state index contributed by atoms with van der Waals surface area (Å²) in [5, 5.41) is 13.5. The molecular formula is C41H38ClFeN5O3+2. The molecule has 8 nitrogen and oxygen atoms in total. The standard InChI is InChI=1S/C36H32ClN5O3.C5H6.Fe/c37-28-10-17-33-34(19-20-38-35(33)23-28)39-29-11-15-32(16-12-29)45-25-30-24-42(41-40-30)21-3-4-22-44-31-13-8-27(9-14-31)36(43)18-7-26-5-1-2-6-26;1-2-4-5-3-1;/h1,5-20,23-24H,2-4,21-22,25H2,(H,38,39);1-4H,5H2;/q;;+2/b18-7+;;. The third-order valence-corrected chi connectivity index (χ3v) is 8.12. The zero-order valence-electron chi connectivity index (χ0n) is 28.0. The summed E-state index contributed by atoms with van der Waals surface area (Å²) in [7, 11) is 0. The van der Waals surface area contributed by atoms with E-state index in [1.165, 1.54) is 0 Å². The van der Waals surface area contributed by atoms with Crippen LogP contribution in [0.5, 0.6) is 11.5 Å². The first-order valence-corrected chi connectivity index (χ1v) is 17.0. The van der Waals surface area contributed by atoms with E-state index >= 15 is 0 Å². The third kappa shape index (κ3) is 11.4. The predicted octanol–water partition coefficient (Wildman–Crippen LogP) is 9.79. The van der Waals surface area contributed by atoms with Crippen LogP contribution in [0.4, 0.5) is 11.4 Å². The number of halogens is 1. The van der Waals surface area contributed by atoms with Crippen LogP contribution in [0.1, 0.15) is 41.7 Å². The number of carbonyl (C=O) groups excluding carboxylic acids is 1. The molecule has 0 fully saturated rings. The van der Waals surface area contributed by atoms with Crippen LogP contribution in [0.25, 0.3) is 10.9 Å². The Bertz CT molecular complexity index is 2040. The van der Waals surface area contributed by atoms with Gasteiger partial charge in [0.15, 0.2) is 5.78 Å². The van der Waals surface area contributed by atoms with Crippen molar-refractivity contribution < 1.29 is 31.3 Å². The van der Waals surface area contributed by atoms with Gasteiger partial charge in [-0.2, -0.15) is 0 Å². The number of allylic oxidation sites excluding steroid dienone is 10. The van der Waals surface area contributed by atoms with Gasteiger partial charge in [0.05, 0.1) is 18.3 Å². The SMILES string of the molecule is C1=CCC=C1.O=C(/C=C/C1=CCC=C1)c1ccc(OCCCCn2cc(COc3ccc(Nc4ccnc5cc(Cl)ccc45)cc3)nn2)cc1.[Fe+2]. The van der Waals surface area contributed by atoms with E-state index < -0.39 is 0 Å². The minimum Gasteiger partial charge on any atom is -0.494 e. The molecule has 7 rings (SSSR count). The maximum atomic E-state index is 12.4. The first-order valence-electron chi connectivity index (χ1n) is 16.7. The van der Waals surface area contributed by atoms with E-state index in [4.69, 9.17) is 21.1 Å². The summed E-state index contributed by atoms with van der Waals surface area (Å²) in [4.78, 5) is 16.8. The molecule has 0 amide bonds. The van der Waals surface area contributed by atoms with Crippen molar-refractivity contribution in [2.24, 2.45) is 0 Å². The molecule has 2 heterocycles. The number of hydrogen-bond acceptors (Lipinski definition) is 7. The van der Waals surface area contributed by atoms with Crippen LogP contribution >= 0.6 is 11.6 Å². The molecule has 0 unspecified atom stereocenters. The molecule has 258 valence electrons. The second-order valence-electron chi connectivity index (χ2n) is 11.6. The average molecular weight is 740 g/mol. The summed E-state index contributed by atoms with van der Waals surface area (Å²) < 4.78 is 13.6. The molecule has 10 heteroatoms. The van der Waals surface area contributed by atoms with Crippen molar-refractivity contribution in [3.05, 3.63) is 162 Å². The fourth-order valence-corrected chi connectivity index (χ4v) is 5.40. The van der Waals surface area contributed by atoms with Crippen molar-refractivity contribution in [3.8, 4) is 11.5 Å². The number of aromatic nitrogens is 4. The van der Waals surface area contributed by atoms with E-state index in [-0.39, 0.29) is 22.9 Å². The summed E-state index contributed by atoms with van der Waals surface area (Å²) in [6, 6.07) is 22.7. The largest absolute Gasteiger partial charge is 2.00 e. The summed E-state index contributed by atoms with van der Waals surface area (Å²) in [5.41, 5.74) is 5.19. The van der Waals surface area contributed by atoms with Gasteiger partial charge in [-0.05, 0) is 110 Å². The van der Waals surface area contributed by atoms with Crippen LogP contribution in [0, 0.1) is 0 Å². The van der Waals surface area contributed by atoms with Crippen LogP contribution in [-0.2, 0) is 30.2 Å². The number of rotatable bonds is 14. The molecule has 2 aliphatic rings. The number of aryl methyl sites for hydroxylation is 1. The molecule has 2 aromatic heterocycles. The number of fused-ring (bicyclic) bond motifs is 1. The van der Waals surface area contributed by atoms with Crippen LogP contribution in [0.2, 0.25) is 5.02 Å². The summed E-state index contributed by atoms with van der Waals surface area (Å²) >= 11 is 6.11. The molecule has 0 atom stereocenters. The number of pyridine rings is 1. The van der Waals surface area contributed by atoms with E-state index in [1.807, 2.05) is 83.7 Å². The molecule has 0 radical (unpaired) electrons. The van der Waals surface area contributed by atoms with Crippen LogP contribution in [0.3, 0.4) is 0 Å². The third-order valence-electron chi connectivity index (χ3n) is 7.88. The van der Waals surface area contributed by atoms with E-state index in [9.17, 15) is 4.79 Å². The number of ether oxygens (including phenoxy) is 2. The van der Waals surface area contributed by atoms with Gasteiger partial charge >= 0.3 is 17.1 Å². The van der Waals surface area contributed by atoms with E-state index in [0.29, 0.717) is 23.8 Å². The molecule has 0 saturated heterocycles. The Labute approximate surface area is 313 Å². The van der Waals surface area contributed by atoms with Crippen molar-refractivity contribution in [1.29, 1.82) is 0 Å². The van der Waals surface area contributed by atoms with Gasteiger partial charge in [-0.1, -0.05) is 65.4 Å². The Hall–Kier alpha value is -5.21. The predicted molar refractivity (Wildman–Crippen MR) is 200 cm³/mol. The molecule has 0 bridgehead atoms. The Morgan fingerprint density at radius 3 is 2.43 bits per heavy atom. The Kier molecular flexibility index (Phi) is 14.0. The Morgan fingerprint density at radius 2 is 1.69 bits per heavy atom. The first kappa shape index (κ1) is 37.1. The molecule has 0 aliphatic heterocycles. The van der Waals surface area contributed by atoms with Gasteiger partial charge in [-0.15, -0.1) is 5.10 Å². The minimum atomic E-state index is -0.0203. The van der Waals surface area contributed by atoms with E-state index in [1.54, 1.807) is 24.4 Å². The fraction of sp³-hybridized carbons (Fsp3) is 0.171. The fourth-order valence-electron chi connectivity index (χ4n) is 5.23. The van der Waals surface area contributed by atoms with Crippen molar-refractivity contribution >= 4 is 39.7 Å². The number of hydrogen-bond donors (Lipinski definition) is 1. The molecule has 2 aliphatic carbocycles. The molecule has 1 N–H and O–H groups in total. The van der Waals surface area contributed by atoms with Gasteiger partial charge in [0.2, 0.25) is 0 Å². The summed E-state index contributed by atoms with van der Waals surface area (Å²) in [6.45, 7) is 1.64. The van der Waals surface area contributed by atoms with Crippen molar-refractivity contribution in [2.75, 3.05) is 11.9 Å². The van der Waals surface area contributed by atoms with Gasteiger partial charge in [0.1, 0.15) is 23.8 Å². The maximum Gasteiger partial charge on any atom is 2.00 e. The smallest absolute Gasteiger partial charge is 0.494 e. The monoisotopic (exact) mass is 739 g/mol. The maximum absolute atomic E-state index is 12.4. The van der Waals surface area contributed by atoms with Crippen molar-refractivity contribution in [3.63, 3.8) is 0 Å². The second-order valence-corrected chi connectivity index (χ2v) is 12.1. The average Bonchev–Trinajstić information content (AvgIpc) is 3.97. The first-order chi connectivity index (χ1) is 24.6. The van der Waals surface area contributed by atoms with Crippen molar-refractivity contribution in [2.45, 2.75) is 38.8 Å². The molecule has 5 aromatic rings. The van der Waals surface area contributed by atoms with Gasteiger partial charge in [0, 0.05) is 40.1 Å². The summed E-state index contributed by atoms with van der Waals surface area (Å²) in [6.07, 6.45) is 25.5. The molecular weight excluding hydrogens is 702 g/mol. The van der Waals surface area contributed by atoms with Crippen molar-refractivity contribution in [1.82, 2.24) is 20.0 Å². The number of unbranched alkanes of at least 4 members (excludes halogenated alkanes) is 1. The minimum absolute atomic E-state index is 0. The normalized spacial score (nSPS) is 12.8. The number of anilines is 2. The Morgan fingerprint density at radius 1 is 0.902 bits per heavy atom. The van der Waals surface area contributed by atoms with Crippen LogP contribution < -0.4 is 14.8 Å². The van der Waals surface area contributed by atoms with Gasteiger partial charge in [-0.25, -0.2) is 0 Å². The second kappa shape index (κ2) is 19.3. The number of ketones is 1. The molecule has 0 saturated carbocycles. The van der Waals surface area contributed by atoms with Crippen LogP contribution in [-0.4, -0.2) is 32.4 Å².